The van der Waals surface area contributed by atoms with Crippen LogP contribution in [0.3, 0.4) is 0 Å². The van der Waals surface area contributed by atoms with Crippen molar-refractivity contribution in [2.45, 2.75) is 13.3 Å². The number of alkyl halides is 3. The largest absolute Gasteiger partial charge is 0.573 e. The summed E-state index contributed by atoms with van der Waals surface area (Å²) < 4.78 is 42.7. The van der Waals surface area contributed by atoms with Crippen LogP contribution in [0.1, 0.15) is 15.2 Å². The number of benzene rings is 2. The van der Waals surface area contributed by atoms with Crippen LogP contribution in [0.15, 0.2) is 78.4 Å². The molecule has 0 spiro atoms. The van der Waals surface area contributed by atoms with Crippen molar-refractivity contribution < 1.29 is 22.7 Å². The second-order valence-electron chi connectivity index (χ2n) is 6.81. The Morgan fingerprint density at radius 1 is 1.03 bits per heavy atom. The van der Waals surface area contributed by atoms with Crippen LogP contribution in [0.2, 0.25) is 0 Å². The molecule has 2 aromatic heterocycles. The summed E-state index contributed by atoms with van der Waals surface area (Å²) in [6.45, 7) is 2.00. The number of hydrogen-bond donors (Lipinski definition) is 1. The Labute approximate surface area is 180 Å². The highest BCUT2D eigenvalue weighted by Gasteiger charge is 2.31. The molecule has 0 aliphatic heterocycles. The molecule has 0 unspecified atom stereocenters. The van der Waals surface area contributed by atoms with Crippen LogP contribution >= 0.6 is 11.3 Å². The minimum absolute atomic E-state index is 0.350. The average Bonchev–Trinajstić information content (AvgIpc) is 3.38. The van der Waals surface area contributed by atoms with Crippen LogP contribution in [0.4, 0.5) is 18.9 Å². The molecule has 2 aromatic carbocycles. The first kappa shape index (κ1) is 20.7. The highest BCUT2D eigenvalue weighted by atomic mass is 32.1. The highest BCUT2D eigenvalue weighted by Crippen LogP contribution is 2.36. The summed E-state index contributed by atoms with van der Waals surface area (Å²) in [7, 11) is 0. The van der Waals surface area contributed by atoms with Crippen molar-refractivity contribution in [1.29, 1.82) is 0 Å². The number of carbonyl (C=O) groups excluding carboxylic acids is 1. The van der Waals surface area contributed by atoms with Crippen molar-refractivity contribution in [3.05, 3.63) is 88.9 Å². The predicted molar refractivity (Wildman–Crippen MR) is 115 cm³/mol. The van der Waals surface area contributed by atoms with Crippen molar-refractivity contribution in [2.24, 2.45) is 0 Å². The number of amides is 1. The normalized spacial score (nSPS) is 11.4. The first-order valence-corrected chi connectivity index (χ1v) is 10.2. The minimum Gasteiger partial charge on any atom is -0.406 e. The van der Waals surface area contributed by atoms with E-state index >= 15 is 0 Å². The fourth-order valence-corrected chi connectivity index (χ4v) is 4.17. The molecule has 0 saturated heterocycles. The number of rotatable bonds is 5. The number of thiophene rings is 1. The molecule has 2 heterocycles. The Bertz CT molecular complexity index is 1200. The van der Waals surface area contributed by atoms with E-state index in [9.17, 15) is 18.0 Å². The van der Waals surface area contributed by atoms with Crippen molar-refractivity contribution in [3.8, 4) is 22.6 Å². The van der Waals surface area contributed by atoms with E-state index in [2.05, 4.69) is 16.1 Å². The molecule has 0 saturated carbocycles. The smallest absolute Gasteiger partial charge is 0.406 e. The second kappa shape index (κ2) is 8.31. The van der Waals surface area contributed by atoms with E-state index < -0.39 is 6.36 Å². The van der Waals surface area contributed by atoms with E-state index in [-0.39, 0.29) is 11.7 Å². The molecule has 31 heavy (non-hydrogen) atoms. The molecular weight excluding hydrogens is 425 g/mol. The van der Waals surface area contributed by atoms with Gasteiger partial charge in [-0.3, -0.25) is 4.79 Å². The van der Waals surface area contributed by atoms with Gasteiger partial charge in [-0.2, -0.15) is 0 Å². The third kappa shape index (κ3) is 4.80. The summed E-state index contributed by atoms with van der Waals surface area (Å²) in [6, 6.07) is 16.8. The van der Waals surface area contributed by atoms with Crippen LogP contribution in [0.5, 0.6) is 5.75 Å². The highest BCUT2D eigenvalue weighted by molar-refractivity contribution is 7.13. The average molecular weight is 442 g/mol. The van der Waals surface area contributed by atoms with E-state index in [1.807, 2.05) is 59.6 Å². The number of anilines is 1. The number of nitrogens with one attached hydrogen (secondary N) is 1. The summed E-state index contributed by atoms with van der Waals surface area (Å²) in [4.78, 5) is 13.5. The lowest BCUT2D eigenvalue weighted by Crippen LogP contribution is -2.17. The van der Waals surface area contributed by atoms with Gasteiger partial charge in [0.05, 0.1) is 5.69 Å². The van der Waals surface area contributed by atoms with Gasteiger partial charge in [-0.25, -0.2) is 0 Å². The van der Waals surface area contributed by atoms with Crippen LogP contribution < -0.4 is 10.1 Å². The van der Waals surface area contributed by atoms with Crippen molar-refractivity contribution >= 4 is 22.9 Å². The SMILES string of the molecule is Cc1cccc(-c2csc(C(=O)Nc3ccc(OC(F)(F)F)cc3)c2-n2cccc2)c1. The number of halogens is 3. The number of aryl methyl sites for hydroxylation is 1. The van der Waals surface area contributed by atoms with Gasteiger partial charge in [0.25, 0.3) is 5.91 Å². The van der Waals surface area contributed by atoms with Gasteiger partial charge in [0.2, 0.25) is 0 Å². The molecule has 0 aliphatic carbocycles. The molecule has 1 amide bonds. The summed E-state index contributed by atoms with van der Waals surface area (Å²) in [5, 5.41) is 4.68. The lowest BCUT2D eigenvalue weighted by atomic mass is 10.0. The van der Waals surface area contributed by atoms with E-state index in [4.69, 9.17) is 0 Å². The summed E-state index contributed by atoms with van der Waals surface area (Å²) in [5.74, 6) is -0.700. The third-order valence-electron chi connectivity index (χ3n) is 4.51. The standard InChI is InChI=1S/C23H17F3N2O2S/c1-15-5-4-6-16(13-15)19-14-31-21(20(19)28-11-2-3-12-28)22(29)27-17-7-9-18(10-8-17)30-23(24,25)26/h2-14H,1H3,(H,27,29). The molecular formula is C23H17F3N2O2S. The van der Waals surface area contributed by atoms with Gasteiger partial charge >= 0.3 is 6.36 Å². The van der Waals surface area contributed by atoms with Crippen LogP contribution in [0, 0.1) is 6.92 Å². The number of aromatic nitrogens is 1. The van der Waals surface area contributed by atoms with Gasteiger partial charge in [0, 0.05) is 29.0 Å². The molecule has 4 aromatic rings. The monoisotopic (exact) mass is 442 g/mol. The Hall–Kier alpha value is -3.52. The maximum atomic E-state index is 13.0. The van der Waals surface area contributed by atoms with Gasteiger partial charge in [0.15, 0.2) is 0 Å². The topological polar surface area (TPSA) is 43.3 Å². The maximum Gasteiger partial charge on any atom is 0.573 e. The predicted octanol–water partition coefficient (Wildman–Crippen LogP) is 6.67. The zero-order valence-corrected chi connectivity index (χ0v) is 17.1. The number of nitrogens with zero attached hydrogens (tertiary/aromatic N) is 1. The van der Waals surface area contributed by atoms with Gasteiger partial charge < -0.3 is 14.6 Å². The molecule has 8 heteroatoms. The van der Waals surface area contributed by atoms with Crippen LogP contribution in [-0.4, -0.2) is 16.8 Å². The number of carbonyl (C=O) groups is 1. The molecule has 0 radical (unpaired) electrons. The zero-order chi connectivity index (χ0) is 22.0. The lowest BCUT2D eigenvalue weighted by molar-refractivity contribution is -0.274. The fourth-order valence-electron chi connectivity index (χ4n) is 3.20. The first-order valence-electron chi connectivity index (χ1n) is 9.29. The Balaban J connectivity index is 1.64. The van der Waals surface area contributed by atoms with Crippen LogP contribution in [0.25, 0.3) is 16.8 Å². The number of hydrogen-bond acceptors (Lipinski definition) is 3. The zero-order valence-electron chi connectivity index (χ0n) is 16.3. The maximum absolute atomic E-state index is 13.0. The fraction of sp³-hybridized carbons (Fsp3) is 0.0870. The summed E-state index contributed by atoms with van der Waals surface area (Å²) in [6.07, 6.45) is -1.04. The molecule has 0 fully saturated rings. The molecule has 0 aliphatic rings. The van der Waals surface area contributed by atoms with Gasteiger partial charge in [-0.15, -0.1) is 24.5 Å². The third-order valence-corrected chi connectivity index (χ3v) is 5.48. The van der Waals surface area contributed by atoms with Gasteiger partial charge in [-0.05, 0) is 48.9 Å². The van der Waals surface area contributed by atoms with Crippen molar-refractivity contribution in [2.75, 3.05) is 5.32 Å². The van der Waals surface area contributed by atoms with E-state index in [0.717, 1.165) is 34.5 Å². The quantitative estimate of drug-likeness (QED) is 0.375. The number of ether oxygens (including phenoxy) is 1. The minimum atomic E-state index is -4.76. The Morgan fingerprint density at radius 2 is 1.74 bits per heavy atom. The molecule has 158 valence electrons. The first-order chi connectivity index (χ1) is 14.8. The van der Waals surface area contributed by atoms with Crippen molar-refractivity contribution in [3.63, 3.8) is 0 Å². The van der Waals surface area contributed by atoms with Crippen LogP contribution in [-0.2, 0) is 0 Å². The van der Waals surface area contributed by atoms with E-state index in [1.54, 1.807) is 0 Å². The summed E-state index contributed by atoms with van der Waals surface area (Å²) in [5.41, 5.74) is 4.13. The van der Waals surface area contributed by atoms with Crippen molar-refractivity contribution in [1.82, 2.24) is 4.57 Å². The Morgan fingerprint density at radius 3 is 2.39 bits per heavy atom. The second-order valence-corrected chi connectivity index (χ2v) is 7.69. The van der Waals surface area contributed by atoms with Gasteiger partial charge in [0.1, 0.15) is 10.6 Å². The lowest BCUT2D eigenvalue weighted by Gasteiger charge is -2.12. The molecule has 1 N–H and O–H groups in total. The van der Waals surface area contributed by atoms with Gasteiger partial charge in [-0.1, -0.05) is 29.8 Å². The molecule has 4 nitrogen and oxygen atoms in total. The Kier molecular flexibility index (Phi) is 5.56. The van der Waals surface area contributed by atoms with E-state index in [1.165, 1.54) is 23.5 Å². The summed E-state index contributed by atoms with van der Waals surface area (Å²) >= 11 is 1.31. The van der Waals surface area contributed by atoms with E-state index in [0.29, 0.717) is 10.6 Å². The molecule has 0 atom stereocenters. The molecule has 4 rings (SSSR count). The molecule has 0 bridgehead atoms.